The van der Waals surface area contributed by atoms with Gasteiger partial charge in [-0.3, -0.25) is 0 Å². The van der Waals surface area contributed by atoms with Crippen molar-refractivity contribution in [2.75, 3.05) is 6.54 Å². The van der Waals surface area contributed by atoms with Crippen LogP contribution in [-0.2, 0) is 19.7 Å². The molecular formula is C25H24Br2N2O2. The number of aromatic nitrogens is 1. The zero-order valence-corrected chi connectivity index (χ0v) is 20.1. The van der Waals surface area contributed by atoms with Crippen LogP contribution in [0.4, 0.5) is 0 Å². The molecule has 1 atom stereocenters. The number of nitrogens with one attached hydrogen (secondary N) is 1. The fraction of sp³-hybridized carbons (Fsp3) is 0.200. The molecule has 0 amide bonds. The molecule has 0 aliphatic heterocycles. The highest BCUT2D eigenvalue weighted by atomic mass is 79.9. The maximum absolute atomic E-state index is 10.5. The van der Waals surface area contributed by atoms with Gasteiger partial charge in [0.1, 0.15) is 12.4 Å². The normalized spacial score (nSPS) is 12.2. The Balaban J connectivity index is 1.28. The Hall–Kier alpha value is -2.12. The molecule has 6 heteroatoms. The minimum Gasteiger partial charge on any atom is -0.489 e. The molecule has 0 radical (unpaired) electrons. The first-order valence-corrected chi connectivity index (χ1v) is 11.8. The molecule has 2 N–H and O–H groups in total. The highest BCUT2D eigenvalue weighted by molar-refractivity contribution is 9.11. The largest absolute Gasteiger partial charge is 0.489 e. The van der Waals surface area contributed by atoms with Crippen LogP contribution >= 0.6 is 31.9 Å². The van der Waals surface area contributed by atoms with Crippen LogP contribution < -0.4 is 10.1 Å². The van der Waals surface area contributed by atoms with Crippen molar-refractivity contribution < 1.29 is 9.84 Å². The standard InChI is InChI=1S/C25H24Br2N2O2/c26-20-9-10-25-23(12-20)24(27)16-29(25)15-21(30)14-28-13-19-7-4-8-22(11-19)31-17-18-5-2-1-3-6-18/h1-12,16,21,28,30H,13-15,17H2. The Morgan fingerprint density at radius 1 is 0.935 bits per heavy atom. The Bertz CT molecular complexity index is 1140. The molecule has 1 aromatic heterocycles. The summed E-state index contributed by atoms with van der Waals surface area (Å²) in [6, 6.07) is 24.3. The lowest BCUT2D eigenvalue weighted by molar-refractivity contribution is 0.152. The van der Waals surface area contributed by atoms with E-state index in [1.54, 1.807) is 0 Å². The molecule has 0 saturated heterocycles. The van der Waals surface area contributed by atoms with E-state index in [9.17, 15) is 5.11 Å². The molecule has 31 heavy (non-hydrogen) atoms. The van der Waals surface area contributed by atoms with Gasteiger partial charge in [0, 0.05) is 45.7 Å². The van der Waals surface area contributed by atoms with Gasteiger partial charge in [-0.15, -0.1) is 0 Å². The first kappa shape index (κ1) is 22.1. The highest BCUT2D eigenvalue weighted by Gasteiger charge is 2.11. The quantitative estimate of drug-likeness (QED) is 0.276. The number of aliphatic hydroxyl groups excluding tert-OH is 1. The van der Waals surface area contributed by atoms with Crippen molar-refractivity contribution in [1.82, 2.24) is 9.88 Å². The van der Waals surface area contributed by atoms with Gasteiger partial charge in [0.2, 0.25) is 0 Å². The van der Waals surface area contributed by atoms with Crippen LogP contribution in [0.1, 0.15) is 11.1 Å². The van der Waals surface area contributed by atoms with Crippen molar-refractivity contribution in [2.24, 2.45) is 0 Å². The number of hydrogen-bond donors (Lipinski definition) is 2. The number of rotatable bonds is 9. The van der Waals surface area contributed by atoms with Crippen LogP contribution in [0, 0.1) is 0 Å². The van der Waals surface area contributed by atoms with Gasteiger partial charge < -0.3 is 19.7 Å². The minimum atomic E-state index is -0.497. The van der Waals surface area contributed by atoms with Crippen LogP contribution in [0.3, 0.4) is 0 Å². The van der Waals surface area contributed by atoms with E-state index in [-0.39, 0.29) is 0 Å². The number of benzene rings is 3. The minimum absolute atomic E-state index is 0.497. The fourth-order valence-corrected chi connectivity index (χ4v) is 4.46. The molecule has 0 fully saturated rings. The Morgan fingerprint density at radius 3 is 2.58 bits per heavy atom. The second-order valence-electron chi connectivity index (χ2n) is 7.50. The molecule has 160 valence electrons. The summed E-state index contributed by atoms with van der Waals surface area (Å²) >= 11 is 7.12. The van der Waals surface area contributed by atoms with Crippen LogP contribution in [0.25, 0.3) is 10.9 Å². The van der Waals surface area contributed by atoms with E-state index in [4.69, 9.17) is 4.74 Å². The SMILES string of the molecule is OC(CNCc1cccc(OCc2ccccc2)c1)Cn1cc(Br)c2cc(Br)ccc21. The number of fused-ring (bicyclic) bond motifs is 1. The summed E-state index contributed by atoms with van der Waals surface area (Å²) in [5.41, 5.74) is 3.36. The molecule has 4 aromatic rings. The highest BCUT2D eigenvalue weighted by Crippen LogP contribution is 2.29. The third kappa shape index (κ3) is 5.98. The van der Waals surface area contributed by atoms with Gasteiger partial charge in [-0.25, -0.2) is 0 Å². The third-order valence-electron chi connectivity index (χ3n) is 5.06. The van der Waals surface area contributed by atoms with Crippen LogP contribution in [0.5, 0.6) is 5.75 Å². The van der Waals surface area contributed by atoms with Gasteiger partial charge >= 0.3 is 0 Å². The number of nitrogens with zero attached hydrogens (tertiary/aromatic N) is 1. The molecule has 1 heterocycles. The topological polar surface area (TPSA) is 46.4 Å². The second kappa shape index (κ2) is 10.5. The van der Waals surface area contributed by atoms with Gasteiger partial charge in [-0.05, 0) is 57.4 Å². The molecule has 4 nitrogen and oxygen atoms in total. The molecule has 0 aliphatic carbocycles. The summed E-state index contributed by atoms with van der Waals surface area (Å²) in [5, 5.41) is 15.0. The van der Waals surface area contributed by atoms with Crippen molar-refractivity contribution in [2.45, 2.75) is 25.8 Å². The molecule has 0 saturated carbocycles. The predicted octanol–water partition coefficient (Wildman–Crippen LogP) is 5.90. The van der Waals surface area contributed by atoms with Crippen molar-refractivity contribution in [1.29, 1.82) is 0 Å². The molecule has 0 spiro atoms. The Kier molecular flexibility index (Phi) is 7.45. The predicted molar refractivity (Wildman–Crippen MR) is 132 cm³/mol. The van der Waals surface area contributed by atoms with Gasteiger partial charge in [0.25, 0.3) is 0 Å². The number of hydrogen-bond acceptors (Lipinski definition) is 3. The van der Waals surface area contributed by atoms with Gasteiger partial charge in [-0.1, -0.05) is 58.4 Å². The number of ether oxygens (including phenoxy) is 1. The Labute approximate surface area is 199 Å². The van der Waals surface area contributed by atoms with E-state index < -0.39 is 6.10 Å². The fourth-order valence-electron chi connectivity index (χ4n) is 3.54. The summed E-state index contributed by atoms with van der Waals surface area (Å²) in [5.74, 6) is 0.846. The first-order chi connectivity index (χ1) is 15.1. The van der Waals surface area contributed by atoms with Crippen LogP contribution in [0.2, 0.25) is 0 Å². The molecule has 1 unspecified atom stereocenters. The maximum Gasteiger partial charge on any atom is 0.120 e. The van der Waals surface area contributed by atoms with E-state index >= 15 is 0 Å². The summed E-state index contributed by atoms with van der Waals surface area (Å²) in [4.78, 5) is 0. The third-order valence-corrected chi connectivity index (χ3v) is 6.18. The van der Waals surface area contributed by atoms with Crippen molar-refractivity contribution in [3.8, 4) is 5.75 Å². The Morgan fingerprint density at radius 2 is 1.74 bits per heavy atom. The van der Waals surface area contributed by atoms with Gasteiger partial charge in [-0.2, -0.15) is 0 Å². The molecule has 3 aromatic carbocycles. The maximum atomic E-state index is 10.5. The second-order valence-corrected chi connectivity index (χ2v) is 9.27. The molecular weight excluding hydrogens is 520 g/mol. The summed E-state index contributed by atoms with van der Waals surface area (Å²) in [7, 11) is 0. The van der Waals surface area contributed by atoms with Crippen LogP contribution in [0.15, 0.2) is 87.9 Å². The summed E-state index contributed by atoms with van der Waals surface area (Å²) in [6.45, 7) is 2.25. The molecule has 4 rings (SSSR count). The molecule has 0 aliphatic rings. The van der Waals surface area contributed by atoms with Gasteiger partial charge in [0.05, 0.1) is 6.10 Å². The van der Waals surface area contributed by atoms with Crippen molar-refractivity contribution >= 4 is 42.8 Å². The van der Waals surface area contributed by atoms with Crippen LogP contribution in [-0.4, -0.2) is 22.3 Å². The van der Waals surface area contributed by atoms with E-state index in [0.717, 1.165) is 36.7 Å². The van der Waals surface area contributed by atoms with Crippen molar-refractivity contribution in [3.05, 3.63) is 99.1 Å². The lowest BCUT2D eigenvalue weighted by Gasteiger charge is -2.14. The van der Waals surface area contributed by atoms with E-state index in [1.807, 2.05) is 48.7 Å². The average molecular weight is 544 g/mol. The van der Waals surface area contributed by atoms with E-state index in [2.05, 4.69) is 72.1 Å². The number of aliphatic hydroxyl groups is 1. The lowest BCUT2D eigenvalue weighted by atomic mass is 10.2. The zero-order valence-electron chi connectivity index (χ0n) is 17.0. The average Bonchev–Trinajstić information content (AvgIpc) is 3.07. The summed E-state index contributed by atoms with van der Waals surface area (Å²) in [6.07, 6.45) is 1.53. The van der Waals surface area contributed by atoms with Crippen molar-refractivity contribution in [3.63, 3.8) is 0 Å². The lowest BCUT2D eigenvalue weighted by Crippen LogP contribution is -2.29. The number of halogens is 2. The van der Waals surface area contributed by atoms with Gasteiger partial charge in [0.15, 0.2) is 0 Å². The first-order valence-electron chi connectivity index (χ1n) is 10.2. The smallest absolute Gasteiger partial charge is 0.120 e. The van der Waals surface area contributed by atoms with E-state index in [0.29, 0.717) is 26.2 Å². The van der Waals surface area contributed by atoms with E-state index in [1.165, 1.54) is 0 Å². The zero-order chi connectivity index (χ0) is 21.6. The molecule has 0 bridgehead atoms. The monoisotopic (exact) mass is 542 g/mol. The summed E-state index contributed by atoms with van der Waals surface area (Å²) < 4.78 is 10.0.